The van der Waals surface area contributed by atoms with Crippen molar-refractivity contribution in [3.8, 4) is 11.4 Å². The molecule has 0 amide bonds. The monoisotopic (exact) mass is 188 g/mol. The second-order valence-corrected chi connectivity index (χ2v) is 3.03. The van der Waals surface area contributed by atoms with Crippen LogP contribution >= 0.6 is 0 Å². The molecular formula is C10H12N4. The number of aromatic nitrogens is 3. The number of para-hydroxylation sites is 1. The average Bonchev–Trinajstić information content (AvgIpc) is 2.66. The van der Waals surface area contributed by atoms with Gasteiger partial charge in [0.2, 0.25) is 0 Å². The summed E-state index contributed by atoms with van der Waals surface area (Å²) in [7, 11) is 0. The second kappa shape index (κ2) is 3.49. The smallest absolute Gasteiger partial charge is 0.165 e. The quantitative estimate of drug-likeness (QED) is 0.727. The van der Waals surface area contributed by atoms with Gasteiger partial charge in [0.05, 0.1) is 0 Å². The summed E-state index contributed by atoms with van der Waals surface area (Å²) in [5.74, 6) is 0.825. The van der Waals surface area contributed by atoms with Gasteiger partial charge in [-0.2, -0.15) is 0 Å². The second-order valence-electron chi connectivity index (χ2n) is 3.03. The fourth-order valence-corrected chi connectivity index (χ4v) is 1.40. The molecule has 0 radical (unpaired) electrons. The van der Waals surface area contributed by atoms with Crippen LogP contribution in [0.4, 0.5) is 5.69 Å². The standard InChI is InChI=1S/C10H12N4/c1-2-14-7-12-13-10(14)8-5-3-4-6-9(8)11/h3-7H,2,11H2,1H3. The van der Waals surface area contributed by atoms with Gasteiger partial charge >= 0.3 is 0 Å². The lowest BCUT2D eigenvalue weighted by atomic mass is 10.1. The molecule has 0 aliphatic carbocycles. The molecule has 2 rings (SSSR count). The lowest BCUT2D eigenvalue weighted by Crippen LogP contribution is -1.98. The van der Waals surface area contributed by atoms with Crippen LogP contribution in [-0.2, 0) is 6.54 Å². The molecule has 0 unspecified atom stereocenters. The zero-order valence-electron chi connectivity index (χ0n) is 8.01. The highest BCUT2D eigenvalue weighted by molar-refractivity contribution is 5.71. The van der Waals surface area contributed by atoms with E-state index < -0.39 is 0 Å². The summed E-state index contributed by atoms with van der Waals surface area (Å²) < 4.78 is 1.96. The number of nitrogens with two attached hydrogens (primary N) is 1. The molecule has 4 heteroatoms. The SMILES string of the molecule is CCn1cnnc1-c1ccccc1N. The third-order valence-corrected chi connectivity index (χ3v) is 2.16. The van der Waals surface area contributed by atoms with Crippen molar-refractivity contribution in [1.29, 1.82) is 0 Å². The lowest BCUT2D eigenvalue weighted by Gasteiger charge is -2.05. The van der Waals surface area contributed by atoms with E-state index in [-0.39, 0.29) is 0 Å². The molecule has 0 fully saturated rings. The van der Waals surface area contributed by atoms with Crippen LogP contribution in [0.15, 0.2) is 30.6 Å². The van der Waals surface area contributed by atoms with Crippen molar-refractivity contribution in [3.63, 3.8) is 0 Å². The topological polar surface area (TPSA) is 56.7 Å². The molecule has 0 bridgehead atoms. The normalized spacial score (nSPS) is 10.4. The van der Waals surface area contributed by atoms with Gasteiger partial charge < -0.3 is 10.3 Å². The van der Waals surface area contributed by atoms with E-state index >= 15 is 0 Å². The van der Waals surface area contributed by atoms with Gasteiger partial charge in [0, 0.05) is 17.8 Å². The van der Waals surface area contributed by atoms with E-state index in [1.165, 1.54) is 0 Å². The molecule has 0 aliphatic rings. The minimum absolute atomic E-state index is 0.732. The van der Waals surface area contributed by atoms with Gasteiger partial charge in [-0.05, 0) is 19.1 Å². The molecule has 2 aromatic rings. The summed E-state index contributed by atoms with van der Waals surface area (Å²) in [5, 5.41) is 7.92. The van der Waals surface area contributed by atoms with E-state index in [0.29, 0.717) is 0 Å². The molecule has 0 aliphatic heterocycles. The van der Waals surface area contributed by atoms with E-state index in [4.69, 9.17) is 5.73 Å². The van der Waals surface area contributed by atoms with Crippen molar-refractivity contribution < 1.29 is 0 Å². The minimum Gasteiger partial charge on any atom is -0.398 e. The summed E-state index contributed by atoms with van der Waals surface area (Å²) >= 11 is 0. The molecule has 4 nitrogen and oxygen atoms in total. The number of hydrogen-bond donors (Lipinski definition) is 1. The third kappa shape index (κ3) is 1.35. The molecule has 1 aromatic heterocycles. The number of rotatable bonds is 2. The van der Waals surface area contributed by atoms with Crippen LogP contribution in [0.25, 0.3) is 11.4 Å². The van der Waals surface area contributed by atoms with E-state index in [0.717, 1.165) is 23.6 Å². The van der Waals surface area contributed by atoms with Crippen LogP contribution < -0.4 is 5.73 Å². The molecule has 0 atom stereocenters. The van der Waals surface area contributed by atoms with Gasteiger partial charge in [-0.1, -0.05) is 12.1 Å². The first-order valence-corrected chi connectivity index (χ1v) is 4.55. The molecule has 0 spiro atoms. The van der Waals surface area contributed by atoms with Gasteiger partial charge in [0.1, 0.15) is 6.33 Å². The summed E-state index contributed by atoms with van der Waals surface area (Å²) in [5.41, 5.74) is 7.52. The van der Waals surface area contributed by atoms with Crippen molar-refractivity contribution in [2.45, 2.75) is 13.5 Å². The molecule has 14 heavy (non-hydrogen) atoms. The maximum atomic E-state index is 5.85. The Labute approximate surface area is 82.4 Å². The Balaban J connectivity index is 2.54. The number of benzene rings is 1. The molecule has 72 valence electrons. The van der Waals surface area contributed by atoms with E-state index in [2.05, 4.69) is 10.2 Å². The van der Waals surface area contributed by atoms with Crippen LogP contribution in [-0.4, -0.2) is 14.8 Å². The molecule has 1 aromatic carbocycles. The van der Waals surface area contributed by atoms with Crippen LogP contribution in [0.2, 0.25) is 0 Å². The third-order valence-electron chi connectivity index (χ3n) is 2.16. The number of nitrogens with zero attached hydrogens (tertiary/aromatic N) is 3. The Morgan fingerprint density at radius 3 is 2.86 bits per heavy atom. The van der Waals surface area contributed by atoms with Crippen LogP contribution in [0.1, 0.15) is 6.92 Å². The average molecular weight is 188 g/mol. The van der Waals surface area contributed by atoms with Crippen molar-refractivity contribution in [2.75, 3.05) is 5.73 Å². The summed E-state index contributed by atoms with van der Waals surface area (Å²) in [6, 6.07) is 7.67. The van der Waals surface area contributed by atoms with Gasteiger partial charge in [-0.3, -0.25) is 0 Å². The summed E-state index contributed by atoms with van der Waals surface area (Å²) in [6.07, 6.45) is 1.71. The summed E-state index contributed by atoms with van der Waals surface area (Å²) in [6.45, 7) is 2.89. The molecule has 1 heterocycles. The lowest BCUT2D eigenvalue weighted by molar-refractivity contribution is 0.767. The number of nitrogen functional groups attached to an aromatic ring is 1. The Morgan fingerprint density at radius 1 is 1.36 bits per heavy atom. The van der Waals surface area contributed by atoms with Gasteiger partial charge in [-0.25, -0.2) is 0 Å². The first kappa shape index (κ1) is 8.74. The van der Waals surface area contributed by atoms with Crippen molar-refractivity contribution in [2.24, 2.45) is 0 Å². The fourth-order valence-electron chi connectivity index (χ4n) is 1.40. The molecule has 2 N–H and O–H groups in total. The number of anilines is 1. The first-order valence-electron chi connectivity index (χ1n) is 4.55. The van der Waals surface area contributed by atoms with E-state index in [1.807, 2.05) is 35.8 Å². The van der Waals surface area contributed by atoms with Crippen molar-refractivity contribution >= 4 is 5.69 Å². The highest BCUT2D eigenvalue weighted by Crippen LogP contribution is 2.22. The van der Waals surface area contributed by atoms with Crippen molar-refractivity contribution in [3.05, 3.63) is 30.6 Å². The fraction of sp³-hybridized carbons (Fsp3) is 0.200. The zero-order valence-corrected chi connectivity index (χ0v) is 8.01. The first-order chi connectivity index (χ1) is 6.83. The molecular weight excluding hydrogens is 176 g/mol. The highest BCUT2D eigenvalue weighted by atomic mass is 15.3. The maximum absolute atomic E-state index is 5.85. The Morgan fingerprint density at radius 2 is 2.14 bits per heavy atom. The minimum atomic E-state index is 0.732. The van der Waals surface area contributed by atoms with Crippen LogP contribution in [0, 0.1) is 0 Å². The predicted molar refractivity (Wildman–Crippen MR) is 55.5 cm³/mol. The zero-order chi connectivity index (χ0) is 9.97. The number of aryl methyl sites for hydroxylation is 1. The van der Waals surface area contributed by atoms with Gasteiger partial charge in [0.15, 0.2) is 5.82 Å². The Kier molecular flexibility index (Phi) is 2.18. The van der Waals surface area contributed by atoms with Crippen molar-refractivity contribution in [1.82, 2.24) is 14.8 Å². The van der Waals surface area contributed by atoms with Gasteiger partial charge in [-0.15, -0.1) is 10.2 Å². The Hall–Kier alpha value is -1.84. The van der Waals surface area contributed by atoms with E-state index in [1.54, 1.807) is 6.33 Å². The predicted octanol–water partition coefficient (Wildman–Crippen LogP) is 1.55. The molecule has 0 saturated carbocycles. The molecule has 0 saturated heterocycles. The largest absolute Gasteiger partial charge is 0.398 e. The van der Waals surface area contributed by atoms with E-state index in [9.17, 15) is 0 Å². The number of hydrogen-bond acceptors (Lipinski definition) is 3. The van der Waals surface area contributed by atoms with Crippen LogP contribution in [0.5, 0.6) is 0 Å². The maximum Gasteiger partial charge on any atom is 0.165 e. The Bertz CT molecular complexity index is 433. The van der Waals surface area contributed by atoms with Crippen LogP contribution in [0.3, 0.4) is 0 Å². The summed E-state index contributed by atoms with van der Waals surface area (Å²) in [4.78, 5) is 0. The van der Waals surface area contributed by atoms with Gasteiger partial charge in [0.25, 0.3) is 0 Å². The highest BCUT2D eigenvalue weighted by Gasteiger charge is 2.07.